The fourth-order valence-electron chi connectivity index (χ4n) is 3.02. The molecule has 0 spiro atoms. The van der Waals surface area contributed by atoms with Crippen LogP contribution in [0.15, 0.2) is 77.8 Å². The van der Waals surface area contributed by atoms with Crippen LogP contribution in [0.3, 0.4) is 0 Å². The molecule has 0 radical (unpaired) electrons. The number of amides is 1. The van der Waals surface area contributed by atoms with E-state index in [0.29, 0.717) is 17.2 Å². The highest BCUT2D eigenvalue weighted by Gasteiger charge is 2.10. The molecule has 0 aliphatic heterocycles. The number of aromatic nitrogens is 2. The van der Waals surface area contributed by atoms with Crippen LogP contribution in [0.1, 0.15) is 10.4 Å². The van der Waals surface area contributed by atoms with E-state index in [1.165, 1.54) is 12.1 Å². The zero-order chi connectivity index (χ0) is 21.3. The molecule has 5 N–H and O–H groups in total. The summed E-state index contributed by atoms with van der Waals surface area (Å²) in [6.45, 7) is 0. The molecule has 0 saturated carbocycles. The summed E-state index contributed by atoms with van der Waals surface area (Å²) in [6, 6.07) is 18.7. The zero-order valence-corrected chi connectivity index (χ0v) is 16.4. The second kappa shape index (κ2) is 7.54. The average Bonchev–Trinajstić information content (AvgIpc) is 2.73. The predicted molar refractivity (Wildman–Crippen MR) is 115 cm³/mol. The van der Waals surface area contributed by atoms with Crippen LogP contribution in [-0.2, 0) is 10.0 Å². The minimum Gasteiger partial charge on any atom is -0.366 e. The lowest BCUT2D eigenvalue weighted by Gasteiger charge is -2.10. The van der Waals surface area contributed by atoms with E-state index in [-0.39, 0.29) is 4.90 Å². The van der Waals surface area contributed by atoms with Gasteiger partial charge in [0.05, 0.1) is 10.4 Å². The van der Waals surface area contributed by atoms with E-state index in [9.17, 15) is 13.2 Å². The fraction of sp³-hybridized carbons (Fsp3) is 0. The van der Waals surface area contributed by atoms with Crippen molar-refractivity contribution in [3.05, 3.63) is 78.5 Å². The molecule has 30 heavy (non-hydrogen) atoms. The van der Waals surface area contributed by atoms with Crippen molar-refractivity contribution in [2.24, 2.45) is 10.9 Å². The lowest BCUT2D eigenvalue weighted by atomic mass is 10.0. The molecule has 8 nitrogen and oxygen atoms in total. The van der Waals surface area contributed by atoms with Crippen molar-refractivity contribution in [3.8, 4) is 11.1 Å². The third-order valence-corrected chi connectivity index (χ3v) is 5.46. The summed E-state index contributed by atoms with van der Waals surface area (Å²) in [5.41, 5.74) is 8.84. The first-order valence-electron chi connectivity index (χ1n) is 8.87. The van der Waals surface area contributed by atoms with E-state index in [1.807, 2.05) is 30.3 Å². The lowest BCUT2D eigenvalue weighted by molar-refractivity contribution is 0.100. The number of fused-ring (bicyclic) bond motifs is 1. The van der Waals surface area contributed by atoms with Gasteiger partial charge in [-0.15, -0.1) is 0 Å². The summed E-state index contributed by atoms with van der Waals surface area (Å²) in [4.78, 5) is 20.3. The molecule has 4 rings (SSSR count). The maximum atomic E-state index is 11.4. The van der Waals surface area contributed by atoms with Crippen LogP contribution < -0.4 is 16.2 Å². The predicted octanol–water partition coefficient (Wildman–Crippen LogP) is 2.79. The van der Waals surface area contributed by atoms with Crippen molar-refractivity contribution in [2.45, 2.75) is 4.90 Å². The minimum atomic E-state index is -3.75. The van der Waals surface area contributed by atoms with Crippen molar-refractivity contribution < 1.29 is 13.2 Å². The van der Waals surface area contributed by atoms with Crippen molar-refractivity contribution in [1.82, 2.24) is 9.97 Å². The highest BCUT2D eigenvalue weighted by molar-refractivity contribution is 7.89. The normalized spacial score (nSPS) is 11.4. The molecule has 150 valence electrons. The van der Waals surface area contributed by atoms with Gasteiger partial charge in [-0.25, -0.2) is 23.5 Å². The standard InChI is InChI=1S/C21H17N5O3S/c22-20(27)14-6-4-13(5-7-14)18-3-1-2-15-12-24-21(26-19(15)18)25-16-8-10-17(11-9-16)30(23,28)29/h1-12H,(H2,22,27)(H2,23,28,29)(H,24,25,26). The van der Waals surface area contributed by atoms with E-state index in [1.54, 1.807) is 30.5 Å². The van der Waals surface area contributed by atoms with Gasteiger partial charge in [0.2, 0.25) is 21.9 Å². The molecule has 1 heterocycles. The van der Waals surface area contributed by atoms with Crippen LogP contribution in [0.2, 0.25) is 0 Å². The van der Waals surface area contributed by atoms with Crippen molar-refractivity contribution in [3.63, 3.8) is 0 Å². The monoisotopic (exact) mass is 419 g/mol. The number of hydrogen-bond donors (Lipinski definition) is 3. The number of hydrogen-bond acceptors (Lipinski definition) is 6. The Morgan fingerprint density at radius 1 is 0.933 bits per heavy atom. The Bertz CT molecular complexity index is 1350. The van der Waals surface area contributed by atoms with Gasteiger partial charge < -0.3 is 11.1 Å². The van der Waals surface area contributed by atoms with Gasteiger partial charge in [0.1, 0.15) is 0 Å². The number of benzene rings is 3. The Kier molecular flexibility index (Phi) is 4.90. The SMILES string of the molecule is NC(=O)c1ccc(-c2cccc3cnc(Nc4ccc(S(N)(=O)=O)cc4)nc23)cc1. The Balaban J connectivity index is 1.70. The van der Waals surface area contributed by atoms with Crippen LogP contribution in [0.25, 0.3) is 22.0 Å². The summed E-state index contributed by atoms with van der Waals surface area (Å²) in [6.07, 6.45) is 1.70. The Morgan fingerprint density at radius 3 is 2.27 bits per heavy atom. The second-order valence-electron chi connectivity index (χ2n) is 6.57. The van der Waals surface area contributed by atoms with Gasteiger partial charge in [-0.1, -0.05) is 30.3 Å². The molecule has 0 fully saturated rings. The summed E-state index contributed by atoms with van der Waals surface area (Å²) in [5.74, 6) is -0.131. The molecule has 1 amide bonds. The highest BCUT2D eigenvalue weighted by atomic mass is 32.2. The molecule has 1 aromatic heterocycles. The third-order valence-electron chi connectivity index (χ3n) is 4.53. The van der Waals surface area contributed by atoms with E-state index < -0.39 is 15.9 Å². The quantitative estimate of drug-likeness (QED) is 0.454. The number of nitrogens with two attached hydrogens (primary N) is 2. The number of carbonyl (C=O) groups is 1. The van der Waals surface area contributed by atoms with E-state index in [0.717, 1.165) is 22.0 Å². The van der Waals surface area contributed by atoms with Crippen LogP contribution in [0.5, 0.6) is 0 Å². The van der Waals surface area contributed by atoms with Crippen LogP contribution in [0.4, 0.5) is 11.6 Å². The largest absolute Gasteiger partial charge is 0.366 e. The highest BCUT2D eigenvalue weighted by Crippen LogP contribution is 2.28. The number of nitrogens with one attached hydrogen (secondary N) is 1. The second-order valence-corrected chi connectivity index (χ2v) is 8.13. The summed E-state index contributed by atoms with van der Waals surface area (Å²) in [5, 5.41) is 9.03. The van der Waals surface area contributed by atoms with Crippen LogP contribution >= 0.6 is 0 Å². The third kappa shape index (κ3) is 3.97. The number of carbonyl (C=O) groups excluding carboxylic acids is 1. The van der Waals surface area contributed by atoms with Crippen molar-refractivity contribution >= 4 is 38.5 Å². The molecule has 9 heteroatoms. The van der Waals surface area contributed by atoms with Gasteiger partial charge >= 0.3 is 0 Å². The number of primary sulfonamides is 1. The fourth-order valence-corrected chi connectivity index (χ4v) is 3.54. The first-order valence-corrected chi connectivity index (χ1v) is 10.4. The topological polar surface area (TPSA) is 141 Å². The first-order chi connectivity index (χ1) is 14.3. The molecule has 0 unspecified atom stereocenters. The van der Waals surface area contributed by atoms with Gasteiger partial charge in [0.15, 0.2) is 0 Å². The van der Waals surface area contributed by atoms with Gasteiger partial charge in [-0.2, -0.15) is 0 Å². The molecule has 0 atom stereocenters. The van der Waals surface area contributed by atoms with E-state index >= 15 is 0 Å². The molecular formula is C21H17N5O3S. The first kappa shape index (κ1) is 19.5. The number of para-hydroxylation sites is 1. The molecule has 0 aliphatic carbocycles. The smallest absolute Gasteiger partial charge is 0.248 e. The molecule has 0 saturated heterocycles. The van der Waals surface area contributed by atoms with Crippen molar-refractivity contribution in [1.29, 1.82) is 0 Å². The van der Waals surface area contributed by atoms with E-state index in [4.69, 9.17) is 10.9 Å². The number of primary amides is 1. The summed E-state index contributed by atoms with van der Waals surface area (Å²) < 4.78 is 22.8. The summed E-state index contributed by atoms with van der Waals surface area (Å²) in [7, 11) is -3.75. The molecular weight excluding hydrogens is 402 g/mol. The van der Waals surface area contributed by atoms with Crippen LogP contribution in [-0.4, -0.2) is 24.3 Å². The van der Waals surface area contributed by atoms with Gasteiger partial charge in [0, 0.05) is 28.4 Å². The molecule has 4 aromatic rings. The Labute approximate surface area is 172 Å². The van der Waals surface area contributed by atoms with Gasteiger partial charge in [-0.3, -0.25) is 4.79 Å². The maximum absolute atomic E-state index is 11.4. The molecule has 3 aromatic carbocycles. The number of rotatable bonds is 5. The van der Waals surface area contributed by atoms with Gasteiger partial charge in [0.25, 0.3) is 0 Å². The van der Waals surface area contributed by atoms with Crippen molar-refractivity contribution in [2.75, 3.05) is 5.32 Å². The number of anilines is 2. The van der Waals surface area contributed by atoms with Gasteiger partial charge in [-0.05, 0) is 42.0 Å². The van der Waals surface area contributed by atoms with E-state index in [2.05, 4.69) is 15.3 Å². The summed E-state index contributed by atoms with van der Waals surface area (Å²) >= 11 is 0. The minimum absolute atomic E-state index is 0.0224. The van der Waals surface area contributed by atoms with Crippen LogP contribution in [0, 0.1) is 0 Å². The zero-order valence-electron chi connectivity index (χ0n) is 15.6. The lowest BCUT2D eigenvalue weighted by Crippen LogP contribution is -2.11. The Morgan fingerprint density at radius 2 is 1.63 bits per heavy atom. The molecule has 0 bridgehead atoms. The average molecular weight is 419 g/mol. The number of nitrogens with zero attached hydrogens (tertiary/aromatic N) is 2. The molecule has 0 aliphatic rings. The maximum Gasteiger partial charge on any atom is 0.248 e. The Hall–Kier alpha value is -3.82. The number of sulfonamides is 1.